The van der Waals surface area contributed by atoms with Gasteiger partial charge in [-0.05, 0) is 0 Å². The Balaban J connectivity index is 0.000000543. The zero-order chi connectivity index (χ0) is 35.4. The summed E-state index contributed by atoms with van der Waals surface area (Å²) in [4.78, 5) is 64.2. The molecule has 269 valence electrons. The van der Waals surface area contributed by atoms with E-state index in [9.17, 15) is 0 Å². The van der Waals surface area contributed by atoms with Gasteiger partial charge < -0.3 is 49.8 Å². The van der Waals surface area contributed by atoms with Crippen LogP contribution in [0.25, 0.3) is 0 Å². The second kappa shape index (κ2) is 40.6. The van der Waals surface area contributed by atoms with Crippen LogP contribution in [0.1, 0.15) is 0 Å². The number of aromatic amines is 10. The van der Waals surface area contributed by atoms with Crippen molar-refractivity contribution in [2.75, 3.05) is 0 Å². The van der Waals surface area contributed by atoms with Crippen LogP contribution in [0.2, 0.25) is 0 Å². The SMILES string of the molecule is [Co].c1c[nH]cn1.c1c[nH]cn1.c1c[nH]cn1.c1c[nH]cn1.c1c[nH]cn1.c1c[nH]cn1.c1c[nH]cn1.c1c[nH]cn1.c1c[nH]cn1.c1c[nH]cn1. The molecule has 10 heterocycles. The Bertz CT molecular complexity index is 1060. The first-order valence-electron chi connectivity index (χ1n) is 14.3. The van der Waals surface area contributed by atoms with Crippen molar-refractivity contribution in [1.82, 2.24) is 99.7 Å². The van der Waals surface area contributed by atoms with E-state index in [0.29, 0.717) is 0 Å². The molecule has 0 aliphatic heterocycles. The van der Waals surface area contributed by atoms with E-state index in [-0.39, 0.29) is 16.8 Å². The van der Waals surface area contributed by atoms with Crippen molar-refractivity contribution in [3.63, 3.8) is 0 Å². The van der Waals surface area contributed by atoms with Crippen molar-refractivity contribution in [3.05, 3.63) is 187 Å². The van der Waals surface area contributed by atoms with Gasteiger partial charge in [-0.3, -0.25) is 0 Å². The average Bonchev–Trinajstić information content (AvgIpc) is 4.08. The van der Waals surface area contributed by atoms with Crippen molar-refractivity contribution in [2.24, 2.45) is 0 Å². The van der Waals surface area contributed by atoms with Gasteiger partial charge in [0.05, 0.1) is 63.3 Å². The number of hydrogen-bond donors (Lipinski definition) is 10. The minimum atomic E-state index is 0. The largest absolute Gasteiger partial charge is 0.351 e. The molecular weight excluding hydrogens is 699 g/mol. The summed E-state index contributed by atoms with van der Waals surface area (Å²) in [5.74, 6) is 0. The second-order valence-electron chi connectivity index (χ2n) is 7.61. The summed E-state index contributed by atoms with van der Waals surface area (Å²) < 4.78 is 0. The molecule has 0 aromatic carbocycles. The predicted molar refractivity (Wildman–Crippen MR) is 186 cm³/mol. The Morgan fingerprint density at radius 2 is 0.275 bits per heavy atom. The molecule has 0 bridgehead atoms. The van der Waals surface area contributed by atoms with Crippen LogP contribution in [-0.2, 0) is 16.8 Å². The van der Waals surface area contributed by atoms with Crippen LogP contribution in [0.5, 0.6) is 0 Å². The molecule has 1 radical (unpaired) electrons. The Hall–Kier alpha value is -7.39. The summed E-state index contributed by atoms with van der Waals surface area (Å²) in [6.07, 6.45) is 50.8. The van der Waals surface area contributed by atoms with E-state index >= 15 is 0 Å². The van der Waals surface area contributed by atoms with Gasteiger partial charge in [0, 0.05) is 141 Å². The standard InChI is InChI=1S/10C3H4N2.Co/c10*1-2-5-3-4-1;/h10*1-3H,(H,4,5);. The first kappa shape index (κ1) is 43.6. The molecule has 0 unspecified atom stereocenters. The van der Waals surface area contributed by atoms with E-state index in [4.69, 9.17) is 0 Å². The summed E-state index contributed by atoms with van der Waals surface area (Å²) in [5, 5.41) is 0. The summed E-state index contributed by atoms with van der Waals surface area (Å²) in [7, 11) is 0. The fourth-order valence-electron chi connectivity index (χ4n) is 2.15. The quantitative estimate of drug-likeness (QED) is 0.106. The third-order valence-corrected chi connectivity index (χ3v) is 4.06. The Morgan fingerprint density at radius 3 is 0.294 bits per heavy atom. The van der Waals surface area contributed by atoms with Crippen LogP contribution in [-0.4, -0.2) is 99.7 Å². The minimum absolute atomic E-state index is 0. The van der Waals surface area contributed by atoms with Gasteiger partial charge in [0.2, 0.25) is 0 Å². The fraction of sp³-hybridized carbons (Fsp3) is 0. The maximum Gasteiger partial charge on any atom is 0.0919 e. The van der Waals surface area contributed by atoms with Gasteiger partial charge in [-0.1, -0.05) is 0 Å². The number of nitrogens with one attached hydrogen (secondary N) is 10. The number of H-pyrrole nitrogens is 10. The van der Waals surface area contributed by atoms with Gasteiger partial charge in [-0.25, -0.2) is 49.8 Å². The molecule has 0 fully saturated rings. The van der Waals surface area contributed by atoms with Crippen molar-refractivity contribution in [1.29, 1.82) is 0 Å². The molecule has 51 heavy (non-hydrogen) atoms. The fourth-order valence-corrected chi connectivity index (χ4v) is 2.15. The van der Waals surface area contributed by atoms with Crippen molar-refractivity contribution in [2.45, 2.75) is 0 Å². The van der Waals surface area contributed by atoms with E-state index in [0.717, 1.165) is 0 Å². The van der Waals surface area contributed by atoms with E-state index in [1.165, 1.54) is 0 Å². The van der Waals surface area contributed by atoms with E-state index < -0.39 is 0 Å². The molecule has 0 spiro atoms. The number of rotatable bonds is 0. The molecule has 10 aromatic rings. The number of hydrogen-bond acceptors (Lipinski definition) is 10. The number of aromatic nitrogens is 20. The summed E-state index contributed by atoms with van der Waals surface area (Å²) in [6.45, 7) is 0. The maximum atomic E-state index is 3.67. The molecule has 0 aliphatic rings. The monoisotopic (exact) mass is 739 g/mol. The van der Waals surface area contributed by atoms with Crippen molar-refractivity contribution >= 4 is 0 Å². The molecule has 0 atom stereocenters. The van der Waals surface area contributed by atoms with Gasteiger partial charge in [0.25, 0.3) is 0 Å². The molecular formula is C30H40CoN20. The Labute approximate surface area is 303 Å². The summed E-state index contributed by atoms with van der Waals surface area (Å²) in [5.41, 5.74) is 0. The minimum Gasteiger partial charge on any atom is -0.351 e. The van der Waals surface area contributed by atoms with Crippen LogP contribution in [0.15, 0.2) is 187 Å². The molecule has 0 amide bonds. The molecule has 21 heteroatoms. The van der Waals surface area contributed by atoms with E-state index in [1.54, 1.807) is 187 Å². The third kappa shape index (κ3) is 38.7. The van der Waals surface area contributed by atoms with Crippen molar-refractivity contribution < 1.29 is 16.8 Å². The van der Waals surface area contributed by atoms with E-state index in [1.807, 2.05) is 0 Å². The van der Waals surface area contributed by atoms with Crippen LogP contribution < -0.4 is 0 Å². The van der Waals surface area contributed by atoms with Crippen LogP contribution in [0.3, 0.4) is 0 Å². The van der Waals surface area contributed by atoms with Gasteiger partial charge in [-0.2, -0.15) is 0 Å². The van der Waals surface area contributed by atoms with Crippen LogP contribution >= 0.6 is 0 Å². The van der Waals surface area contributed by atoms with Gasteiger partial charge >= 0.3 is 0 Å². The molecule has 10 N–H and O–H groups in total. The Morgan fingerprint density at radius 1 is 0.176 bits per heavy atom. The van der Waals surface area contributed by atoms with Crippen LogP contribution in [0.4, 0.5) is 0 Å². The number of imidazole rings is 10. The van der Waals surface area contributed by atoms with Crippen LogP contribution in [0, 0.1) is 0 Å². The molecule has 0 aliphatic carbocycles. The topological polar surface area (TPSA) is 287 Å². The van der Waals surface area contributed by atoms with Gasteiger partial charge in [0.15, 0.2) is 0 Å². The molecule has 10 aromatic heterocycles. The molecule has 0 saturated heterocycles. The molecule has 20 nitrogen and oxygen atoms in total. The predicted octanol–water partition coefficient (Wildman–Crippen LogP) is 4.09. The van der Waals surface area contributed by atoms with Gasteiger partial charge in [-0.15, -0.1) is 0 Å². The Kier molecular flexibility index (Phi) is 34.7. The van der Waals surface area contributed by atoms with Crippen molar-refractivity contribution in [3.8, 4) is 0 Å². The molecule has 0 saturated carbocycles. The zero-order valence-corrected chi connectivity index (χ0v) is 28.2. The summed E-state index contributed by atoms with van der Waals surface area (Å²) >= 11 is 0. The van der Waals surface area contributed by atoms with Gasteiger partial charge in [0.1, 0.15) is 0 Å². The normalized spacial score (nSPS) is 7.84. The maximum absolute atomic E-state index is 3.67. The van der Waals surface area contributed by atoms with E-state index in [2.05, 4.69) is 99.7 Å². The third-order valence-electron chi connectivity index (χ3n) is 4.06. The first-order chi connectivity index (χ1) is 25.0. The molecule has 10 rings (SSSR count). The average molecular weight is 740 g/mol. The zero-order valence-electron chi connectivity index (χ0n) is 27.1. The second-order valence-corrected chi connectivity index (χ2v) is 7.61. The summed E-state index contributed by atoms with van der Waals surface area (Å²) in [6, 6.07) is 0. The smallest absolute Gasteiger partial charge is 0.0919 e. The first-order valence-corrected chi connectivity index (χ1v) is 14.3. The number of nitrogens with zero attached hydrogens (tertiary/aromatic N) is 10.